The molecule has 3 aromatic heterocycles. The van der Waals surface area contributed by atoms with Crippen molar-refractivity contribution in [3.8, 4) is 23.3 Å². The molecule has 1 unspecified atom stereocenters. The van der Waals surface area contributed by atoms with E-state index in [4.69, 9.17) is 0 Å². The number of hydrogen-bond acceptors (Lipinski definition) is 5. The Morgan fingerprint density at radius 2 is 2.14 bits per heavy atom. The second kappa shape index (κ2) is 7.43. The molecule has 0 bridgehead atoms. The number of rotatable bonds is 6. The lowest BCUT2D eigenvalue weighted by atomic mass is 9.89. The summed E-state index contributed by atoms with van der Waals surface area (Å²) in [5, 5.41) is 24.3. The molecule has 1 aliphatic rings. The molecule has 0 saturated carbocycles. The number of aromatic amines is 1. The maximum atomic E-state index is 12.5. The summed E-state index contributed by atoms with van der Waals surface area (Å²) in [6.07, 6.45) is 7.22. The predicted octanol–water partition coefficient (Wildman–Crippen LogP) is 2.54. The van der Waals surface area contributed by atoms with Gasteiger partial charge in [0.1, 0.15) is 17.3 Å². The summed E-state index contributed by atoms with van der Waals surface area (Å²) in [4.78, 5) is 7.34. The van der Waals surface area contributed by atoms with Gasteiger partial charge in [-0.05, 0) is 12.0 Å². The van der Waals surface area contributed by atoms with Crippen molar-refractivity contribution in [2.75, 3.05) is 18.8 Å². The molecule has 0 aromatic carbocycles. The smallest absolute Gasteiger partial charge is 0.137 e. The SMILES string of the molecule is CC(C)CS(=O)N1CC(CC#N)(n2cc(-c3c(C#N)cnc4[nH]ccc34)cn2)C1. The van der Waals surface area contributed by atoms with E-state index in [0.29, 0.717) is 36.0 Å². The van der Waals surface area contributed by atoms with Crippen LogP contribution in [0.2, 0.25) is 0 Å². The number of aromatic nitrogens is 4. The Balaban J connectivity index is 1.67. The van der Waals surface area contributed by atoms with Gasteiger partial charge in [-0.1, -0.05) is 13.8 Å². The maximum absolute atomic E-state index is 12.5. The first-order valence-corrected chi connectivity index (χ1v) is 10.7. The van der Waals surface area contributed by atoms with Crippen LogP contribution in [0.15, 0.2) is 30.9 Å². The van der Waals surface area contributed by atoms with E-state index < -0.39 is 16.5 Å². The molecule has 29 heavy (non-hydrogen) atoms. The summed E-state index contributed by atoms with van der Waals surface area (Å²) < 4.78 is 16.2. The Bertz CT molecular complexity index is 1160. The van der Waals surface area contributed by atoms with Crippen LogP contribution in [0.4, 0.5) is 0 Å². The third-order valence-corrected chi connectivity index (χ3v) is 6.96. The van der Waals surface area contributed by atoms with Crippen LogP contribution in [0.3, 0.4) is 0 Å². The lowest BCUT2D eigenvalue weighted by molar-refractivity contribution is 0.0762. The van der Waals surface area contributed by atoms with Crippen molar-refractivity contribution in [3.05, 3.63) is 36.4 Å². The first kappa shape index (κ1) is 19.3. The summed E-state index contributed by atoms with van der Waals surface area (Å²) in [5.74, 6) is 0.957. The van der Waals surface area contributed by atoms with E-state index in [-0.39, 0.29) is 6.42 Å². The van der Waals surface area contributed by atoms with Crippen molar-refractivity contribution in [2.24, 2.45) is 5.92 Å². The van der Waals surface area contributed by atoms with Gasteiger partial charge < -0.3 is 4.98 Å². The lowest BCUT2D eigenvalue weighted by Gasteiger charge is -2.48. The highest BCUT2D eigenvalue weighted by molar-refractivity contribution is 7.82. The molecule has 3 aromatic rings. The number of nitriles is 2. The van der Waals surface area contributed by atoms with E-state index >= 15 is 0 Å². The van der Waals surface area contributed by atoms with E-state index in [2.05, 4.69) is 27.2 Å². The number of nitrogens with one attached hydrogen (secondary N) is 1. The molecule has 1 N–H and O–H groups in total. The fourth-order valence-corrected chi connectivity index (χ4v) is 5.29. The molecule has 4 rings (SSSR count). The number of H-pyrrole nitrogens is 1. The zero-order valence-corrected chi connectivity index (χ0v) is 17.1. The highest BCUT2D eigenvalue weighted by atomic mass is 32.2. The molecule has 0 aliphatic carbocycles. The van der Waals surface area contributed by atoms with E-state index in [1.165, 1.54) is 0 Å². The van der Waals surface area contributed by atoms with Crippen LogP contribution in [-0.2, 0) is 16.5 Å². The third-order valence-electron chi connectivity index (χ3n) is 5.18. The van der Waals surface area contributed by atoms with Crippen molar-refractivity contribution in [3.63, 3.8) is 0 Å². The average molecular weight is 408 g/mol. The van der Waals surface area contributed by atoms with Crippen LogP contribution in [0.1, 0.15) is 25.8 Å². The molecule has 0 amide bonds. The minimum atomic E-state index is -1.05. The Morgan fingerprint density at radius 3 is 2.83 bits per heavy atom. The minimum absolute atomic E-state index is 0.282. The normalized spacial score (nSPS) is 17.0. The van der Waals surface area contributed by atoms with E-state index in [1.807, 2.05) is 30.4 Å². The molecular formula is C20H21N7OS. The molecule has 0 radical (unpaired) electrons. The minimum Gasteiger partial charge on any atom is -0.346 e. The van der Waals surface area contributed by atoms with Crippen LogP contribution < -0.4 is 0 Å². The van der Waals surface area contributed by atoms with Crippen LogP contribution in [0.25, 0.3) is 22.2 Å². The largest absolute Gasteiger partial charge is 0.346 e. The van der Waals surface area contributed by atoms with Gasteiger partial charge in [-0.3, -0.25) is 4.68 Å². The Kier molecular flexibility index (Phi) is 4.95. The first-order valence-electron chi connectivity index (χ1n) is 9.39. The topological polar surface area (TPSA) is 114 Å². The van der Waals surface area contributed by atoms with E-state index in [9.17, 15) is 14.7 Å². The molecule has 148 valence electrons. The fourth-order valence-electron chi connectivity index (χ4n) is 3.74. The third kappa shape index (κ3) is 3.33. The zero-order valence-electron chi connectivity index (χ0n) is 16.3. The number of fused-ring (bicyclic) bond motifs is 1. The number of pyridine rings is 1. The molecular weight excluding hydrogens is 386 g/mol. The summed E-state index contributed by atoms with van der Waals surface area (Å²) >= 11 is 0. The van der Waals surface area contributed by atoms with Crippen molar-refractivity contribution in [1.29, 1.82) is 10.5 Å². The van der Waals surface area contributed by atoms with Crippen molar-refractivity contribution in [2.45, 2.75) is 25.8 Å². The maximum Gasteiger partial charge on any atom is 0.137 e. The molecule has 1 saturated heterocycles. The van der Waals surface area contributed by atoms with Crippen LogP contribution in [0, 0.1) is 28.6 Å². The van der Waals surface area contributed by atoms with Gasteiger partial charge in [0.15, 0.2) is 0 Å². The summed E-state index contributed by atoms with van der Waals surface area (Å²) in [7, 11) is -1.05. The van der Waals surface area contributed by atoms with Crippen molar-refractivity contribution < 1.29 is 4.21 Å². The molecule has 8 nitrogen and oxygen atoms in total. The van der Waals surface area contributed by atoms with Gasteiger partial charge in [-0.15, -0.1) is 0 Å². The van der Waals surface area contributed by atoms with Gasteiger partial charge in [-0.2, -0.15) is 15.6 Å². The van der Waals surface area contributed by atoms with Gasteiger partial charge in [0.05, 0.1) is 35.2 Å². The fraction of sp³-hybridized carbons (Fsp3) is 0.400. The monoisotopic (exact) mass is 407 g/mol. The van der Waals surface area contributed by atoms with Crippen LogP contribution in [-0.4, -0.2) is 47.1 Å². The highest BCUT2D eigenvalue weighted by Crippen LogP contribution is 2.36. The standard InChI is InChI=1S/C20H21N7OS/c1-14(2)11-29(28)26-12-20(13-26,4-5-21)27-10-16(9-25-27)18-15(7-22)8-24-19-17(18)3-6-23-19/h3,6,8-10,14H,4,11-13H2,1-2H3,(H,23,24). The molecule has 4 heterocycles. The van der Waals surface area contributed by atoms with E-state index in [0.717, 1.165) is 16.5 Å². The van der Waals surface area contributed by atoms with Crippen molar-refractivity contribution in [1.82, 2.24) is 24.1 Å². The number of hydrogen-bond donors (Lipinski definition) is 1. The van der Waals surface area contributed by atoms with Gasteiger partial charge in [0.2, 0.25) is 0 Å². The zero-order chi connectivity index (χ0) is 20.6. The summed E-state index contributed by atoms with van der Waals surface area (Å²) in [6.45, 7) is 5.12. The molecule has 1 atom stereocenters. The molecule has 1 aliphatic heterocycles. The van der Waals surface area contributed by atoms with Crippen molar-refractivity contribution >= 4 is 22.0 Å². The quantitative estimate of drug-likeness (QED) is 0.674. The Labute approximate surface area is 171 Å². The summed E-state index contributed by atoms with van der Waals surface area (Å²) in [6, 6.07) is 6.35. The van der Waals surface area contributed by atoms with E-state index in [1.54, 1.807) is 23.3 Å². The van der Waals surface area contributed by atoms with Crippen LogP contribution in [0.5, 0.6) is 0 Å². The average Bonchev–Trinajstić information content (AvgIpc) is 3.32. The Hall–Kier alpha value is -3.01. The van der Waals surface area contributed by atoms with Gasteiger partial charge in [-0.25, -0.2) is 13.5 Å². The predicted molar refractivity (Wildman–Crippen MR) is 110 cm³/mol. The molecule has 9 heteroatoms. The van der Waals surface area contributed by atoms with Crippen LogP contribution >= 0.6 is 0 Å². The Morgan fingerprint density at radius 1 is 1.34 bits per heavy atom. The first-order chi connectivity index (χ1) is 14.0. The molecule has 0 spiro atoms. The summed E-state index contributed by atoms with van der Waals surface area (Å²) in [5.41, 5.74) is 2.25. The second-order valence-corrected chi connectivity index (χ2v) is 9.30. The van der Waals surface area contributed by atoms with Gasteiger partial charge >= 0.3 is 0 Å². The van der Waals surface area contributed by atoms with Gasteiger partial charge in [0.25, 0.3) is 0 Å². The second-order valence-electron chi connectivity index (χ2n) is 7.81. The molecule has 1 fully saturated rings. The highest BCUT2D eigenvalue weighted by Gasteiger charge is 2.47. The lowest BCUT2D eigenvalue weighted by Crippen LogP contribution is -2.63. The van der Waals surface area contributed by atoms with Gasteiger partial charge in [0, 0.05) is 53.9 Å². The number of nitrogens with zero attached hydrogens (tertiary/aromatic N) is 6.